The number of rotatable bonds is 8. The fourth-order valence-electron chi connectivity index (χ4n) is 2.66. The summed E-state index contributed by atoms with van der Waals surface area (Å²) in [5, 5.41) is 13.8. The van der Waals surface area contributed by atoms with Crippen molar-refractivity contribution in [2.75, 3.05) is 27.3 Å². The first-order valence-corrected chi connectivity index (χ1v) is 9.48. The van der Waals surface area contributed by atoms with Gasteiger partial charge < -0.3 is 20.1 Å². The highest BCUT2D eigenvalue weighted by atomic mass is 127. The van der Waals surface area contributed by atoms with E-state index in [0.717, 1.165) is 23.8 Å². The number of aliphatic imine (C=N–C) groups is 1. The third kappa shape index (κ3) is 7.81. The number of H-pyrrole nitrogens is 1. The molecule has 0 aliphatic heterocycles. The summed E-state index contributed by atoms with van der Waals surface area (Å²) in [5.74, 6) is 2.85. The summed E-state index contributed by atoms with van der Waals surface area (Å²) in [6, 6.07) is 7.63. The Kier molecular flexibility index (Phi) is 10.4. The zero-order chi connectivity index (χ0) is 20.6. The number of aromatic amines is 1. The van der Waals surface area contributed by atoms with Gasteiger partial charge in [0.25, 0.3) is 0 Å². The maximum absolute atomic E-state index is 5.59. The van der Waals surface area contributed by atoms with E-state index in [0.29, 0.717) is 24.7 Å². The fraction of sp³-hybridized carbons (Fsp3) is 0.550. The van der Waals surface area contributed by atoms with Crippen LogP contribution in [0, 0.1) is 5.41 Å². The molecule has 0 saturated carbocycles. The molecular weight excluding hydrogens is 483 g/mol. The first-order chi connectivity index (χ1) is 13.4. The van der Waals surface area contributed by atoms with Gasteiger partial charge in [0.1, 0.15) is 18.1 Å². The van der Waals surface area contributed by atoms with E-state index in [1.54, 1.807) is 14.2 Å². The first-order valence-electron chi connectivity index (χ1n) is 9.48. The summed E-state index contributed by atoms with van der Waals surface area (Å²) in [5.41, 5.74) is 0.961. The second-order valence-corrected chi connectivity index (χ2v) is 7.50. The predicted octanol–water partition coefficient (Wildman–Crippen LogP) is 3.21. The minimum absolute atomic E-state index is 0. The van der Waals surface area contributed by atoms with Crippen LogP contribution in [0.1, 0.15) is 33.5 Å². The van der Waals surface area contributed by atoms with Crippen LogP contribution in [-0.2, 0) is 11.3 Å². The molecule has 2 aromatic rings. The Morgan fingerprint density at radius 3 is 2.41 bits per heavy atom. The van der Waals surface area contributed by atoms with Crippen LogP contribution in [0.4, 0.5) is 0 Å². The van der Waals surface area contributed by atoms with Crippen LogP contribution in [0.25, 0.3) is 11.4 Å². The number of hydrogen-bond donors (Lipinski definition) is 3. The number of hydrogen-bond acceptors (Lipinski definition) is 5. The summed E-state index contributed by atoms with van der Waals surface area (Å²) in [6.45, 7) is 10.3. The van der Waals surface area contributed by atoms with Crippen molar-refractivity contribution in [3.8, 4) is 17.1 Å². The minimum atomic E-state index is 0. The average molecular weight is 516 g/mol. The van der Waals surface area contributed by atoms with Gasteiger partial charge in [-0.2, -0.15) is 5.10 Å². The Labute approximate surface area is 190 Å². The van der Waals surface area contributed by atoms with Crippen molar-refractivity contribution in [1.29, 1.82) is 0 Å². The van der Waals surface area contributed by atoms with Crippen LogP contribution in [0.15, 0.2) is 29.3 Å². The highest BCUT2D eigenvalue weighted by molar-refractivity contribution is 14.0. The summed E-state index contributed by atoms with van der Waals surface area (Å²) >= 11 is 0. The van der Waals surface area contributed by atoms with Gasteiger partial charge in [-0.05, 0) is 36.6 Å². The maximum atomic E-state index is 5.59. The Morgan fingerprint density at radius 2 is 1.86 bits per heavy atom. The molecule has 9 heteroatoms. The van der Waals surface area contributed by atoms with Crippen LogP contribution in [0.3, 0.4) is 0 Å². The van der Waals surface area contributed by atoms with E-state index in [1.807, 2.05) is 31.2 Å². The SMILES string of the molecule is CCNC(=NCc1nc(-c2ccc(OC)cc2)n[nH]1)NCC(OC)C(C)(C)C.I. The highest BCUT2D eigenvalue weighted by Gasteiger charge is 2.24. The van der Waals surface area contributed by atoms with Crippen molar-refractivity contribution in [2.45, 2.75) is 40.3 Å². The van der Waals surface area contributed by atoms with Crippen molar-refractivity contribution in [2.24, 2.45) is 10.4 Å². The summed E-state index contributed by atoms with van der Waals surface area (Å²) in [4.78, 5) is 9.12. The van der Waals surface area contributed by atoms with Crippen LogP contribution >= 0.6 is 24.0 Å². The van der Waals surface area contributed by atoms with Gasteiger partial charge >= 0.3 is 0 Å². The van der Waals surface area contributed by atoms with E-state index in [2.05, 4.69) is 51.6 Å². The molecule has 3 N–H and O–H groups in total. The van der Waals surface area contributed by atoms with E-state index < -0.39 is 0 Å². The standard InChI is InChI=1S/C20H32N6O2.HI/c1-7-21-19(22-12-16(28-6)20(2,3)4)23-13-17-24-18(26-25-17)14-8-10-15(27-5)11-9-14;/h8-11,16H,7,12-13H2,1-6H3,(H2,21,22,23)(H,24,25,26);1H. The van der Waals surface area contributed by atoms with Crippen molar-refractivity contribution in [3.63, 3.8) is 0 Å². The summed E-state index contributed by atoms with van der Waals surface area (Å²) < 4.78 is 10.8. The summed E-state index contributed by atoms with van der Waals surface area (Å²) in [7, 11) is 3.38. The molecule has 0 aliphatic rings. The van der Waals surface area contributed by atoms with E-state index in [9.17, 15) is 0 Å². The topological polar surface area (TPSA) is 96.5 Å². The number of benzene rings is 1. The van der Waals surface area contributed by atoms with Gasteiger partial charge in [-0.1, -0.05) is 20.8 Å². The van der Waals surface area contributed by atoms with Crippen LogP contribution in [0.2, 0.25) is 0 Å². The Bertz CT molecular complexity index is 755. The molecule has 162 valence electrons. The average Bonchev–Trinajstić information content (AvgIpc) is 3.14. The molecule has 0 aliphatic carbocycles. The van der Waals surface area contributed by atoms with Crippen molar-refractivity contribution in [1.82, 2.24) is 25.8 Å². The Morgan fingerprint density at radius 1 is 1.17 bits per heavy atom. The lowest BCUT2D eigenvalue weighted by Gasteiger charge is -2.30. The lowest BCUT2D eigenvalue weighted by Crippen LogP contribution is -2.45. The molecular formula is C20H33IN6O2. The van der Waals surface area contributed by atoms with E-state index in [-0.39, 0.29) is 35.5 Å². The Balaban J connectivity index is 0.00000420. The molecule has 0 amide bonds. The molecule has 8 nitrogen and oxygen atoms in total. The third-order valence-electron chi connectivity index (χ3n) is 4.32. The molecule has 0 saturated heterocycles. The zero-order valence-electron chi connectivity index (χ0n) is 18.1. The van der Waals surface area contributed by atoms with Gasteiger partial charge in [0.2, 0.25) is 0 Å². The second kappa shape index (κ2) is 12.0. The number of aromatic nitrogens is 3. The lowest BCUT2D eigenvalue weighted by molar-refractivity contribution is 0.0205. The highest BCUT2D eigenvalue weighted by Crippen LogP contribution is 2.21. The van der Waals surface area contributed by atoms with Crippen LogP contribution in [0.5, 0.6) is 5.75 Å². The van der Waals surface area contributed by atoms with Gasteiger partial charge in [-0.3, -0.25) is 5.10 Å². The molecule has 0 radical (unpaired) electrons. The van der Waals surface area contributed by atoms with Crippen molar-refractivity contribution >= 4 is 29.9 Å². The van der Waals surface area contributed by atoms with Gasteiger partial charge in [0.05, 0.1) is 13.2 Å². The molecule has 29 heavy (non-hydrogen) atoms. The summed E-state index contributed by atoms with van der Waals surface area (Å²) in [6.07, 6.45) is 0.0725. The molecule has 0 fully saturated rings. The number of ether oxygens (including phenoxy) is 2. The molecule has 1 aromatic heterocycles. The van der Waals surface area contributed by atoms with Crippen LogP contribution in [-0.4, -0.2) is 54.6 Å². The minimum Gasteiger partial charge on any atom is -0.497 e. The Hall–Kier alpha value is -1.88. The van der Waals surface area contributed by atoms with Crippen molar-refractivity contribution in [3.05, 3.63) is 30.1 Å². The number of guanidine groups is 1. The number of nitrogens with one attached hydrogen (secondary N) is 3. The molecule has 0 bridgehead atoms. The second-order valence-electron chi connectivity index (χ2n) is 7.50. The van der Waals surface area contributed by atoms with Crippen molar-refractivity contribution < 1.29 is 9.47 Å². The zero-order valence-corrected chi connectivity index (χ0v) is 20.4. The molecule has 2 rings (SSSR count). The molecule has 1 heterocycles. The molecule has 1 atom stereocenters. The van der Waals surface area contributed by atoms with E-state index in [4.69, 9.17) is 9.47 Å². The first kappa shape index (κ1) is 25.2. The monoisotopic (exact) mass is 516 g/mol. The van der Waals surface area contributed by atoms with Gasteiger partial charge in [0.15, 0.2) is 11.8 Å². The lowest BCUT2D eigenvalue weighted by atomic mass is 9.89. The normalized spacial score (nSPS) is 12.8. The molecule has 1 unspecified atom stereocenters. The largest absolute Gasteiger partial charge is 0.497 e. The molecule has 1 aromatic carbocycles. The fourth-order valence-corrected chi connectivity index (χ4v) is 2.66. The quantitative estimate of drug-likeness (QED) is 0.283. The molecule has 0 spiro atoms. The van der Waals surface area contributed by atoms with Gasteiger partial charge in [-0.25, -0.2) is 9.98 Å². The number of methoxy groups -OCH3 is 2. The predicted molar refractivity (Wildman–Crippen MR) is 127 cm³/mol. The van der Waals surface area contributed by atoms with Crippen LogP contribution < -0.4 is 15.4 Å². The van der Waals surface area contributed by atoms with E-state index >= 15 is 0 Å². The smallest absolute Gasteiger partial charge is 0.191 e. The number of halogens is 1. The van der Waals surface area contributed by atoms with Gasteiger partial charge in [-0.15, -0.1) is 24.0 Å². The van der Waals surface area contributed by atoms with E-state index in [1.165, 1.54) is 0 Å². The maximum Gasteiger partial charge on any atom is 0.191 e. The van der Waals surface area contributed by atoms with Gasteiger partial charge in [0, 0.05) is 25.8 Å². The third-order valence-corrected chi connectivity index (χ3v) is 4.32. The number of nitrogens with zero attached hydrogens (tertiary/aromatic N) is 3.